The molecule has 3 aromatic carbocycles. The lowest BCUT2D eigenvalue weighted by Crippen LogP contribution is -2.38. The zero-order valence-electron chi connectivity index (χ0n) is 18.5. The Morgan fingerprint density at radius 1 is 0.686 bits per heavy atom. The predicted molar refractivity (Wildman–Crippen MR) is 136 cm³/mol. The van der Waals surface area contributed by atoms with E-state index in [1.807, 2.05) is 85.1 Å². The van der Waals surface area contributed by atoms with Gasteiger partial charge in [0.15, 0.2) is 0 Å². The van der Waals surface area contributed by atoms with Gasteiger partial charge in [0.05, 0.1) is 11.2 Å². The maximum Gasteiger partial charge on any atom is 0.632 e. The number of pyridine rings is 2. The van der Waals surface area contributed by atoms with Crippen LogP contribution in [-0.4, -0.2) is 21.7 Å². The van der Waals surface area contributed by atoms with E-state index in [2.05, 4.69) is 32.7 Å². The van der Waals surface area contributed by atoms with E-state index < -0.39 is 7.12 Å². The molecule has 0 bridgehead atoms. The minimum absolute atomic E-state index is 0.484. The molecule has 3 aromatic heterocycles. The summed E-state index contributed by atoms with van der Waals surface area (Å²) in [6, 6.07) is 31.6. The minimum Gasteiger partial charge on any atom is -0.519 e. The van der Waals surface area contributed by atoms with E-state index in [-0.39, 0.29) is 0 Å². The van der Waals surface area contributed by atoms with Gasteiger partial charge in [-0.15, -0.1) is 0 Å². The Bertz CT molecular complexity index is 1640. The summed E-state index contributed by atoms with van der Waals surface area (Å²) in [4.78, 5) is 9.10. The van der Waals surface area contributed by atoms with Crippen molar-refractivity contribution in [2.24, 2.45) is 0 Å². The van der Waals surface area contributed by atoms with Crippen LogP contribution in [0.3, 0.4) is 0 Å². The van der Waals surface area contributed by atoms with E-state index in [4.69, 9.17) is 14.0 Å². The Balaban J connectivity index is 1.22. The Morgan fingerprint density at radius 3 is 2.37 bits per heavy atom. The fourth-order valence-electron chi connectivity index (χ4n) is 4.53. The van der Waals surface area contributed by atoms with Gasteiger partial charge in [-0.05, 0) is 48.5 Å². The SMILES string of the molecule is c1cc(Oc2cc(-n3c4ccccc4c4cccnc43)ccn2)cc(B2Oc3ccccc3O2)c1. The average molecular weight is 455 g/mol. The standard InChI is InChI=1S/C28H18BN3O3/c1-2-11-24-22(9-1)23-10-6-15-31-28(23)32(24)20-14-16-30-27(18-20)33-21-8-5-7-19(17-21)29-34-25-12-3-4-13-26(25)35-29/h1-18H. The number of hydrogen-bond donors (Lipinski definition) is 0. The second kappa shape index (κ2) is 7.92. The van der Waals surface area contributed by atoms with Crippen molar-refractivity contribution in [1.82, 2.24) is 14.5 Å². The van der Waals surface area contributed by atoms with Crippen LogP contribution >= 0.6 is 0 Å². The van der Waals surface area contributed by atoms with Crippen LogP contribution in [0.2, 0.25) is 0 Å². The lowest BCUT2D eigenvalue weighted by molar-refractivity contribution is 0.462. The van der Waals surface area contributed by atoms with Crippen LogP contribution in [0.4, 0.5) is 0 Å². The summed E-state index contributed by atoms with van der Waals surface area (Å²) in [7, 11) is -0.515. The highest BCUT2D eigenvalue weighted by atomic mass is 16.6. The zero-order valence-corrected chi connectivity index (χ0v) is 18.5. The van der Waals surface area contributed by atoms with Crippen molar-refractivity contribution in [3.8, 4) is 28.8 Å². The van der Waals surface area contributed by atoms with E-state index in [0.717, 1.165) is 44.6 Å². The third-order valence-corrected chi connectivity index (χ3v) is 6.08. The van der Waals surface area contributed by atoms with E-state index in [1.165, 1.54) is 0 Å². The van der Waals surface area contributed by atoms with Crippen molar-refractivity contribution in [3.63, 3.8) is 0 Å². The lowest BCUT2D eigenvalue weighted by Gasteiger charge is -2.11. The van der Waals surface area contributed by atoms with Gasteiger partial charge in [-0.2, -0.15) is 0 Å². The van der Waals surface area contributed by atoms with Crippen LogP contribution in [0.5, 0.6) is 23.1 Å². The molecule has 0 saturated heterocycles. The van der Waals surface area contributed by atoms with Crippen LogP contribution in [0.25, 0.3) is 27.6 Å². The summed E-state index contributed by atoms with van der Waals surface area (Å²) in [6.45, 7) is 0. The first kappa shape index (κ1) is 19.7. The molecule has 0 radical (unpaired) electrons. The first-order chi connectivity index (χ1) is 17.3. The second-order valence-electron chi connectivity index (χ2n) is 8.27. The third kappa shape index (κ3) is 3.37. The molecule has 6 aromatic rings. The van der Waals surface area contributed by atoms with Crippen LogP contribution in [0.15, 0.2) is 109 Å². The molecule has 0 saturated carbocycles. The van der Waals surface area contributed by atoms with Gasteiger partial charge in [0.2, 0.25) is 5.88 Å². The predicted octanol–water partition coefficient (Wildman–Crippen LogP) is 5.53. The highest BCUT2D eigenvalue weighted by molar-refractivity contribution is 6.63. The molecule has 0 aliphatic carbocycles. The first-order valence-electron chi connectivity index (χ1n) is 11.3. The minimum atomic E-state index is -0.515. The molecule has 1 aliphatic rings. The molecule has 7 rings (SSSR count). The Morgan fingerprint density at radius 2 is 1.49 bits per heavy atom. The van der Waals surface area contributed by atoms with Crippen molar-refractivity contribution in [2.75, 3.05) is 0 Å². The van der Waals surface area contributed by atoms with E-state index in [1.54, 1.807) is 6.20 Å². The van der Waals surface area contributed by atoms with Gasteiger partial charge >= 0.3 is 7.12 Å². The van der Waals surface area contributed by atoms with Crippen LogP contribution in [-0.2, 0) is 0 Å². The third-order valence-electron chi connectivity index (χ3n) is 6.08. The molecular formula is C28H18BN3O3. The van der Waals surface area contributed by atoms with Gasteiger partial charge < -0.3 is 14.0 Å². The van der Waals surface area contributed by atoms with Crippen molar-refractivity contribution >= 4 is 34.5 Å². The van der Waals surface area contributed by atoms with Gasteiger partial charge in [-0.25, -0.2) is 9.97 Å². The highest BCUT2D eigenvalue weighted by Gasteiger charge is 2.34. The maximum absolute atomic E-state index is 6.16. The number of ether oxygens (including phenoxy) is 1. The number of benzene rings is 3. The van der Waals surface area contributed by atoms with Crippen molar-refractivity contribution < 1.29 is 14.0 Å². The first-order valence-corrected chi connectivity index (χ1v) is 11.3. The van der Waals surface area contributed by atoms with E-state index >= 15 is 0 Å². The Hall–Kier alpha value is -4.78. The van der Waals surface area contributed by atoms with Crippen molar-refractivity contribution in [2.45, 2.75) is 0 Å². The second-order valence-corrected chi connectivity index (χ2v) is 8.27. The summed E-state index contributed by atoms with van der Waals surface area (Å²) in [5, 5.41) is 2.26. The Labute approximate surface area is 201 Å². The number of hydrogen-bond acceptors (Lipinski definition) is 5. The number of aromatic nitrogens is 3. The van der Waals surface area contributed by atoms with Crippen LogP contribution in [0.1, 0.15) is 0 Å². The molecule has 35 heavy (non-hydrogen) atoms. The summed E-state index contributed by atoms with van der Waals surface area (Å²) >= 11 is 0. The zero-order chi connectivity index (χ0) is 23.2. The van der Waals surface area contributed by atoms with Crippen molar-refractivity contribution in [1.29, 1.82) is 0 Å². The largest absolute Gasteiger partial charge is 0.632 e. The molecular weight excluding hydrogens is 437 g/mol. The van der Waals surface area contributed by atoms with E-state index in [0.29, 0.717) is 11.6 Å². The lowest BCUT2D eigenvalue weighted by atomic mass is 9.79. The van der Waals surface area contributed by atoms with Crippen LogP contribution in [0, 0.1) is 0 Å². The maximum atomic E-state index is 6.16. The van der Waals surface area contributed by atoms with Crippen molar-refractivity contribution in [3.05, 3.63) is 109 Å². The summed E-state index contributed by atoms with van der Waals surface area (Å²) < 4.78 is 20.2. The highest BCUT2D eigenvalue weighted by Crippen LogP contribution is 2.33. The fourth-order valence-corrected chi connectivity index (χ4v) is 4.53. The molecule has 0 unspecified atom stereocenters. The number of fused-ring (bicyclic) bond motifs is 4. The molecule has 0 N–H and O–H groups in total. The molecule has 0 amide bonds. The summed E-state index contributed by atoms with van der Waals surface area (Å²) in [5.74, 6) is 2.60. The van der Waals surface area contributed by atoms with Gasteiger partial charge in [0, 0.05) is 34.7 Å². The molecule has 1 aliphatic heterocycles. The molecule has 0 atom stereocenters. The number of rotatable bonds is 4. The van der Waals surface area contributed by atoms with Gasteiger partial charge in [0.25, 0.3) is 0 Å². The van der Waals surface area contributed by atoms with Gasteiger partial charge in [0.1, 0.15) is 22.9 Å². The summed E-state index contributed by atoms with van der Waals surface area (Å²) in [5.41, 5.74) is 3.76. The molecule has 166 valence electrons. The normalized spacial score (nSPS) is 12.4. The quantitative estimate of drug-likeness (QED) is 0.327. The molecule has 4 heterocycles. The Kier molecular flexibility index (Phi) is 4.45. The molecule has 7 heteroatoms. The average Bonchev–Trinajstić information content (AvgIpc) is 3.49. The summed E-state index contributed by atoms with van der Waals surface area (Å²) in [6.07, 6.45) is 3.56. The number of para-hydroxylation sites is 3. The molecule has 6 nitrogen and oxygen atoms in total. The topological polar surface area (TPSA) is 58.4 Å². The molecule has 0 spiro atoms. The fraction of sp³-hybridized carbons (Fsp3) is 0. The van der Waals surface area contributed by atoms with Gasteiger partial charge in [-0.3, -0.25) is 4.57 Å². The smallest absolute Gasteiger partial charge is 0.519 e. The van der Waals surface area contributed by atoms with E-state index in [9.17, 15) is 0 Å². The van der Waals surface area contributed by atoms with Crippen LogP contribution < -0.4 is 19.5 Å². The molecule has 0 fully saturated rings. The number of nitrogens with zero attached hydrogens (tertiary/aromatic N) is 3. The van der Waals surface area contributed by atoms with Gasteiger partial charge in [-0.1, -0.05) is 42.5 Å². The monoisotopic (exact) mass is 455 g/mol.